The topological polar surface area (TPSA) is 20.3 Å². The van der Waals surface area contributed by atoms with Gasteiger partial charge in [-0.3, -0.25) is 4.79 Å². The molecule has 98 valence electrons. The van der Waals surface area contributed by atoms with Crippen LogP contribution in [-0.2, 0) is 11.3 Å². The molecule has 1 saturated carbocycles. The lowest BCUT2D eigenvalue weighted by Gasteiger charge is -2.21. The van der Waals surface area contributed by atoms with E-state index in [2.05, 4.69) is 30.5 Å². The van der Waals surface area contributed by atoms with E-state index in [1.54, 1.807) is 11.8 Å². The zero-order valence-electron chi connectivity index (χ0n) is 11.2. The number of carbonyl (C=O) groups excluding carboxylic acids is 1. The largest absolute Gasteiger partial charge is 0.341 e. The average Bonchev–Trinajstić information content (AvgIpc) is 2.92. The summed E-state index contributed by atoms with van der Waals surface area (Å²) in [5.41, 5.74) is 1.21. The zero-order valence-corrected chi connectivity index (χ0v) is 12.0. The van der Waals surface area contributed by atoms with Crippen molar-refractivity contribution < 1.29 is 4.79 Å². The molecule has 0 heterocycles. The van der Waals surface area contributed by atoms with E-state index < -0.39 is 0 Å². The van der Waals surface area contributed by atoms with E-state index in [4.69, 9.17) is 0 Å². The summed E-state index contributed by atoms with van der Waals surface area (Å²) >= 11 is 1.74. The Bertz CT molecular complexity index is 395. The Morgan fingerprint density at radius 2 is 1.89 bits per heavy atom. The van der Waals surface area contributed by atoms with Crippen LogP contribution in [0.25, 0.3) is 0 Å². The Morgan fingerprint density at radius 1 is 1.28 bits per heavy atom. The first-order chi connectivity index (χ1) is 8.70. The van der Waals surface area contributed by atoms with Gasteiger partial charge in [-0.05, 0) is 36.8 Å². The van der Waals surface area contributed by atoms with Crippen molar-refractivity contribution in [2.75, 3.05) is 13.3 Å². The second kappa shape index (κ2) is 6.28. The van der Waals surface area contributed by atoms with Gasteiger partial charge in [0.25, 0.3) is 0 Å². The highest BCUT2D eigenvalue weighted by Crippen LogP contribution is 2.26. The molecule has 0 unspecified atom stereocenters. The van der Waals surface area contributed by atoms with E-state index >= 15 is 0 Å². The molecule has 1 fully saturated rings. The molecule has 0 spiro atoms. The van der Waals surface area contributed by atoms with Gasteiger partial charge < -0.3 is 4.90 Å². The minimum absolute atomic E-state index is 0.278. The molecule has 2 nitrogen and oxygen atoms in total. The molecule has 18 heavy (non-hydrogen) atoms. The number of hydrogen-bond acceptors (Lipinski definition) is 2. The fraction of sp³-hybridized carbons (Fsp3) is 0.533. The lowest BCUT2D eigenvalue weighted by molar-refractivity contribution is -0.134. The minimum atomic E-state index is 0.278. The highest BCUT2D eigenvalue weighted by molar-refractivity contribution is 7.98. The summed E-state index contributed by atoms with van der Waals surface area (Å²) in [6, 6.07) is 8.47. The zero-order chi connectivity index (χ0) is 13.0. The van der Waals surface area contributed by atoms with Crippen LogP contribution in [0.15, 0.2) is 29.2 Å². The van der Waals surface area contributed by atoms with E-state index in [1.807, 2.05) is 11.9 Å². The molecule has 1 aliphatic rings. The Balaban J connectivity index is 1.92. The van der Waals surface area contributed by atoms with Crippen LogP contribution < -0.4 is 0 Å². The molecule has 1 aromatic rings. The molecule has 1 aromatic carbocycles. The van der Waals surface area contributed by atoms with Crippen molar-refractivity contribution >= 4 is 17.7 Å². The van der Waals surface area contributed by atoms with E-state index in [-0.39, 0.29) is 5.92 Å². The molecular weight excluding hydrogens is 242 g/mol. The van der Waals surface area contributed by atoms with Gasteiger partial charge >= 0.3 is 0 Å². The second-order valence-corrected chi connectivity index (χ2v) is 5.90. The van der Waals surface area contributed by atoms with Gasteiger partial charge in [-0.1, -0.05) is 25.0 Å². The smallest absolute Gasteiger partial charge is 0.225 e. The first-order valence-electron chi connectivity index (χ1n) is 6.58. The summed E-state index contributed by atoms with van der Waals surface area (Å²) in [4.78, 5) is 15.3. The van der Waals surface area contributed by atoms with Gasteiger partial charge in [0, 0.05) is 24.4 Å². The monoisotopic (exact) mass is 263 g/mol. The van der Waals surface area contributed by atoms with E-state index in [0.29, 0.717) is 5.91 Å². The third kappa shape index (κ3) is 3.29. The number of hydrogen-bond donors (Lipinski definition) is 0. The summed E-state index contributed by atoms with van der Waals surface area (Å²) in [5.74, 6) is 0.599. The summed E-state index contributed by atoms with van der Waals surface area (Å²) in [5, 5.41) is 0. The number of thioether (sulfide) groups is 1. The third-order valence-electron chi connectivity index (χ3n) is 3.66. The van der Waals surface area contributed by atoms with Crippen LogP contribution in [0, 0.1) is 5.92 Å². The highest BCUT2D eigenvalue weighted by atomic mass is 32.2. The standard InChI is InChI=1S/C15H21NOS/c1-16(15(17)13-5-3-4-6-13)11-12-7-9-14(18-2)10-8-12/h7-10,13H,3-6,11H2,1-2H3. The highest BCUT2D eigenvalue weighted by Gasteiger charge is 2.25. The van der Waals surface area contributed by atoms with E-state index in [0.717, 1.165) is 19.4 Å². The van der Waals surface area contributed by atoms with Crippen molar-refractivity contribution in [1.29, 1.82) is 0 Å². The van der Waals surface area contributed by atoms with Crippen molar-refractivity contribution in [3.63, 3.8) is 0 Å². The minimum Gasteiger partial charge on any atom is -0.341 e. The maximum absolute atomic E-state index is 12.2. The Hall–Kier alpha value is -0.960. The number of amides is 1. The van der Waals surface area contributed by atoms with Crippen LogP contribution in [0.4, 0.5) is 0 Å². The first-order valence-corrected chi connectivity index (χ1v) is 7.81. The molecule has 0 bridgehead atoms. The molecule has 0 atom stereocenters. The maximum Gasteiger partial charge on any atom is 0.225 e. The predicted molar refractivity (Wildman–Crippen MR) is 76.7 cm³/mol. The van der Waals surface area contributed by atoms with Gasteiger partial charge in [0.2, 0.25) is 5.91 Å². The Morgan fingerprint density at radius 3 is 2.44 bits per heavy atom. The molecular formula is C15H21NOS. The Labute approximate surface area is 114 Å². The lowest BCUT2D eigenvalue weighted by atomic mass is 10.1. The van der Waals surface area contributed by atoms with Crippen LogP contribution in [0.5, 0.6) is 0 Å². The Kier molecular flexibility index (Phi) is 4.70. The van der Waals surface area contributed by atoms with E-state index in [9.17, 15) is 4.79 Å². The number of benzene rings is 1. The van der Waals surface area contributed by atoms with Gasteiger partial charge in [0.15, 0.2) is 0 Å². The van der Waals surface area contributed by atoms with Crippen molar-refractivity contribution in [1.82, 2.24) is 4.90 Å². The van der Waals surface area contributed by atoms with Crippen molar-refractivity contribution in [2.24, 2.45) is 5.92 Å². The van der Waals surface area contributed by atoms with Gasteiger partial charge in [-0.15, -0.1) is 11.8 Å². The van der Waals surface area contributed by atoms with Crippen molar-refractivity contribution in [3.8, 4) is 0 Å². The predicted octanol–water partition coefficient (Wildman–Crippen LogP) is 3.56. The summed E-state index contributed by atoms with van der Waals surface area (Å²) in [6.07, 6.45) is 6.66. The van der Waals surface area contributed by atoms with Crippen LogP contribution in [0.3, 0.4) is 0 Å². The maximum atomic E-state index is 12.2. The molecule has 0 radical (unpaired) electrons. The van der Waals surface area contributed by atoms with Gasteiger partial charge in [-0.25, -0.2) is 0 Å². The van der Waals surface area contributed by atoms with Crippen LogP contribution in [0.2, 0.25) is 0 Å². The van der Waals surface area contributed by atoms with Crippen LogP contribution in [0.1, 0.15) is 31.2 Å². The summed E-state index contributed by atoms with van der Waals surface area (Å²) in [7, 11) is 1.92. The lowest BCUT2D eigenvalue weighted by Crippen LogP contribution is -2.31. The second-order valence-electron chi connectivity index (χ2n) is 5.02. The summed E-state index contributed by atoms with van der Waals surface area (Å²) in [6.45, 7) is 0.726. The fourth-order valence-corrected chi connectivity index (χ4v) is 2.98. The quantitative estimate of drug-likeness (QED) is 0.774. The van der Waals surface area contributed by atoms with E-state index in [1.165, 1.54) is 23.3 Å². The number of nitrogens with zero attached hydrogens (tertiary/aromatic N) is 1. The summed E-state index contributed by atoms with van der Waals surface area (Å²) < 4.78 is 0. The molecule has 0 aromatic heterocycles. The third-order valence-corrected chi connectivity index (χ3v) is 4.40. The van der Waals surface area contributed by atoms with Crippen molar-refractivity contribution in [3.05, 3.63) is 29.8 Å². The molecule has 1 amide bonds. The molecule has 0 N–H and O–H groups in total. The van der Waals surface area contributed by atoms with Crippen LogP contribution in [-0.4, -0.2) is 24.1 Å². The van der Waals surface area contributed by atoms with Crippen molar-refractivity contribution in [2.45, 2.75) is 37.1 Å². The molecule has 0 aliphatic heterocycles. The van der Waals surface area contributed by atoms with Gasteiger partial charge in [-0.2, -0.15) is 0 Å². The number of carbonyl (C=O) groups is 1. The normalized spacial score (nSPS) is 15.9. The SMILES string of the molecule is CSc1ccc(CN(C)C(=O)C2CCCC2)cc1. The molecule has 3 heteroatoms. The number of rotatable bonds is 4. The van der Waals surface area contributed by atoms with Crippen LogP contribution >= 0.6 is 11.8 Å². The molecule has 1 aliphatic carbocycles. The average molecular weight is 263 g/mol. The molecule has 2 rings (SSSR count). The molecule has 0 saturated heterocycles. The first kappa shape index (κ1) is 13.5. The fourth-order valence-electron chi connectivity index (χ4n) is 2.57. The van der Waals surface area contributed by atoms with Gasteiger partial charge in [0.1, 0.15) is 0 Å². The van der Waals surface area contributed by atoms with Gasteiger partial charge in [0.05, 0.1) is 0 Å².